The van der Waals surface area contributed by atoms with Gasteiger partial charge in [0.15, 0.2) is 0 Å². The minimum Gasteiger partial charge on any atom is -0.508 e. The summed E-state index contributed by atoms with van der Waals surface area (Å²) < 4.78 is 2.29. The third kappa shape index (κ3) is 1.73. The van der Waals surface area contributed by atoms with Crippen LogP contribution in [0, 0.1) is 0 Å². The molecule has 0 saturated heterocycles. The van der Waals surface area contributed by atoms with Gasteiger partial charge < -0.3 is 14.8 Å². The number of fused-ring (bicyclic) bond motifs is 3. The van der Waals surface area contributed by atoms with E-state index in [0.29, 0.717) is 0 Å². The fourth-order valence-corrected chi connectivity index (χ4v) is 2.81. The first-order chi connectivity index (χ1) is 9.44. The van der Waals surface area contributed by atoms with Gasteiger partial charge >= 0.3 is 0 Å². The Hall–Kier alpha value is -2.16. The minimum atomic E-state index is -0.0338. The Morgan fingerprint density at radius 1 is 0.900 bits per heavy atom. The lowest BCUT2D eigenvalue weighted by atomic mass is 10.0. The second-order valence-corrected chi connectivity index (χ2v) is 5.90. The fourth-order valence-electron chi connectivity index (χ4n) is 2.81. The molecule has 104 valence electrons. The zero-order chi connectivity index (χ0) is 14.5. The van der Waals surface area contributed by atoms with E-state index in [1.165, 1.54) is 0 Å². The third-order valence-corrected chi connectivity index (χ3v) is 4.20. The van der Waals surface area contributed by atoms with Crippen LogP contribution in [0.4, 0.5) is 0 Å². The van der Waals surface area contributed by atoms with Gasteiger partial charge in [0, 0.05) is 27.3 Å². The highest BCUT2D eigenvalue weighted by Gasteiger charge is 2.23. The summed E-state index contributed by atoms with van der Waals surface area (Å²) in [5.74, 6) is 0.489. The molecule has 0 saturated carbocycles. The van der Waals surface area contributed by atoms with Crippen LogP contribution in [0.25, 0.3) is 21.8 Å². The van der Waals surface area contributed by atoms with Gasteiger partial charge in [-0.15, -0.1) is 0 Å². The molecule has 0 aliphatic carbocycles. The van der Waals surface area contributed by atoms with Crippen LogP contribution >= 0.6 is 0 Å². The van der Waals surface area contributed by atoms with Gasteiger partial charge in [0.05, 0.1) is 0 Å². The minimum absolute atomic E-state index is 0.0338. The molecule has 0 aliphatic rings. The number of phenols is 2. The largest absolute Gasteiger partial charge is 0.508 e. The number of hydrogen-bond donors (Lipinski definition) is 2. The topological polar surface area (TPSA) is 45.4 Å². The molecule has 0 atom stereocenters. The summed E-state index contributed by atoms with van der Waals surface area (Å²) in [6.07, 6.45) is 0.994. The van der Waals surface area contributed by atoms with E-state index in [9.17, 15) is 10.2 Å². The van der Waals surface area contributed by atoms with Crippen LogP contribution in [0.15, 0.2) is 36.4 Å². The number of phenolic OH excluding ortho intramolecular Hbond substituents is 2. The molecule has 3 aromatic rings. The molecule has 3 nitrogen and oxygen atoms in total. The number of aromatic hydroxyl groups is 2. The van der Waals surface area contributed by atoms with Gasteiger partial charge in [0.25, 0.3) is 0 Å². The number of nitrogens with zero attached hydrogens (tertiary/aromatic N) is 1. The van der Waals surface area contributed by atoms with Crippen LogP contribution in [0.1, 0.15) is 27.2 Å². The van der Waals surface area contributed by atoms with E-state index in [-0.39, 0.29) is 17.0 Å². The second-order valence-electron chi connectivity index (χ2n) is 5.90. The monoisotopic (exact) mass is 269 g/mol. The number of rotatable bonds is 2. The van der Waals surface area contributed by atoms with Gasteiger partial charge in [-0.05, 0) is 56.7 Å². The van der Waals surface area contributed by atoms with Gasteiger partial charge in [0.2, 0.25) is 0 Å². The Morgan fingerprint density at radius 3 is 1.75 bits per heavy atom. The van der Waals surface area contributed by atoms with Crippen molar-refractivity contribution in [3.05, 3.63) is 36.4 Å². The van der Waals surface area contributed by atoms with Crippen molar-refractivity contribution in [3.63, 3.8) is 0 Å². The van der Waals surface area contributed by atoms with E-state index < -0.39 is 0 Å². The molecule has 0 radical (unpaired) electrons. The van der Waals surface area contributed by atoms with Crippen LogP contribution in [0.5, 0.6) is 11.5 Å². The summed E-state index contributed by atoms with van der Waals surface area (Å²) >= 11 is 0. The Kier molecular flexibility index (Phi) is 2.68. The van der Waals surface area contributed by atoms with Crippen LogP contribution < -0.4 is 0 Å². The highest BCUT2D eigenvalue weighted by atomic mass is 16.3. The van der Waals surface area contributed by atoms with Crippen molar-refractivity contribution < 1.29 is 10.2 Å². The smallest absolute Gasteiger partial charge is 0.116 e. The summed E-state index contributed by atoms with van der Waals surface area (Å²) in [7, 11) is 0. The Morgan fingerprint density at radius 2 is 1.35 bits per heavy atom. The molecular weight excluding hydrogens is 250 g/mol. The summed E-state index contributed by atoms with van der Waals surface area (Å²) in [6, 6.07) is 10.8. The predicted molar refractivity (Wildman–Crippen MR) is 82.4 cm³/mol. The lowest BCUT2D eigenvalue weighted by Gasteiger charge is -2.27. The van der Waals surface area contributed by atoms with Crippen LogP contribution in [-0.2, 0) is 5.54 Å². The zero-order valence-electron chi connectivity index (χ0n) is 12.0. The first kappa shape index (κ1) is 12.9. The Labute approximate surface area is 118 Å². The van der Waals surface area contributed by atoms with E-state index >= 15 is 0 Å². The maximum atomic E-state index is 9.76. The van der Waals surface area contributed by atoms with E-state index in [0.717, 1.165) is 28.2 Å². The molecule has 0 bridgehead atoms. The molecule has 0 fully saturated rings. The summed E-state index contributed by atoms with van der Waals surface area (Å²) in [6.45, 7) is 6.57. The van der Waals surface area contributed by atoms with Crippen molar-refractivity contribution in [2.24, 2.45) is 0 Å². The van der Waals surface area contributed by atoms with Crippen molar-refractivity contribution in [2.75, 3.05) is 0 Å². The maximum Gasteiger partial charge on any atom is 0.116 e. The quantitative estimate of drug-likeness (QED) is 0.726. The van der Waals surface area contributed by atoms with Crippen LogP contribution in [-0.4, -0.2) is 14.8 Å². The van der Waals surface area contributed by atoms with Crippen molar-refractivity contribution in [2.45, 2.75) is 32.7 Å². The van der Waals surface area contributed by atoms with E-state index in [1.807, 2.05) is 12.1 Å². The normalized spacial score (nSPS) is 12.3. The zero-order valence-corrected chi connectivity index (χ0v) is 12.0. The number of hydrogen-bond acceptors (Lipinski definition) is 2. The van der Waals surface area contributed by atoms with Gasteiger partial charge in [-0.1, -0.05) is 6.92 Å². The molecule has 0 spiro atoms. The van der Waals surface area contributed by atoms with E-state index in [1.54, 1.807) is 24.3 Å². The number of aromatic nitrogens is 1. The first-order valence-electron chi connectivity index (χ1n) is 6.90. The van der Waals surface area contributed by atoms with E-state index in [2.05, 4.69) is 25.3 Å². The standard InChI is InChI=1S/C17H19NO2/c1-4-17(2,3)18-15-7-5-11(19)9-13(15)14-10-12(20)6-8-16(14)18/h5-10,19-20H,4H2,1-3H3. The third-order valence-electron chi connectivity index (χ3n) is 4.20. The van der Waals surface area contributed by atoms with Crippen LogP contribution in [0.3, 0.4) is 0 Å². The average Bonchev–Trinajstić information content (AvgIpc) is 2.73. The van der Waals surface area contributed by atoms with Gasteiger partial charge in [0.1, 0.15) is 11.5 Å². The lowest BCUT2D eigenvalue weighted by molar-refractivity contribution is 0.364. The maximum absolute atomic E-state index is 9.76. The Balaban J connectivity index is 2.54. The van der Waals surface area contributed by atoms with Crippen molar-refractivity contribution in [1.29, 1.82) is 0 Å². The van der Waals surface area contributed by atoms with Gasteiger partial charge in [-0.25, -0.2) is 0 Å². The van der Waals surface area contributed by atoms with Crippen LogP contribution in [0.2, 0.25) is 0 Å². The molecule has 3 rings (SSSR count). The predicted octanol–water partition coefficient (Wildman–Crippen LogP) is 4.35. The molecule has 1 heterocycles. The van der Waals surface area contributed by atoms with Crippen molar-refractivity contribution >= 4 is 21.8 Å². The molecule has 20 heavy (non-hydrogen) atoms. The SMILES string of the molecule is CCC(C)(C)n1c2ccc(O)cc2c2cc(O)ccc21. The molecule has 2 aromatic carbocycles. The first-order valence-corrected chi connectivity index (χ1v) is 6.90. The summed E-state index contributed by atoms with van der Waals surface area (Å²) in [5, 5.41) is 21.5. The van der Waals surface area contributed by atoms with Crippen molar-refractivity contribution in [3.8, 4) is 11.5 Å². The Bertz CT molecular complexity index is 740. The molecule has 1 aromatic heterocycles. The molecule has 3 heteroatoms. The number of benzene rings is 2. The van der Waals surface area contributed by atoms with Crippen molar-refractivity contribution in [1.82, 2.24) is 4.57 Å². The molecule has 0 amide bonds. The average molecular weight is 269 g/mol. The second kappa shape index (κ2) is 4.17. The molecule has 0 aliphatic heterocycles. The van der Waals surface area contributed by atoms with Gasteiger partial charge in [-0.2, -0.15) is 0 Å². The molecular formula is C17H19NO2. The summed E-state index contributed by atoms with van der Waals surface area (Å²) in [5.41, 5.74) is 2.12. The summed E-state index contributed by atoms with van der Waals surface area (Å²) in [4.78, 5) is 0. The lowest BCUT2D eigenvalue weighted by Crippen LogP contribution is -2.24. The van der Waals surface area contributed by atoms with E-state index in [4.69, 9.17) is 0 Å². The fraction of sp³-hybridized carbons (Fsp3) is 0.294. The van der Waals surface area contributed by atoms with Gasteiger partial charge in [-0.3, -0.25) is 0 Å². The molecule has 2 N–H and O–H groups in total. The molecule has 0 unspecified atom stereocenters. The highest BCUT2D eigenvalue weighted by Crippen LogP contribution is 2.38. The highest BCUT2D eigenvalue weighted by molar-refractivity contribution is 6.09.